The molecule has 0 saturated carbocycles. The molecule has 0 N–H and O–H groups in total. The summed E-state index contributed by atoms with van der Waals surface area (Å²) in [6.45, 7) is 11.2. The summed E-state index contributed by atoms with van der Waals surface area (Å²) < 4.78 is 4.69. The van der Waals surface area contributed by atoms with E-state index in [9.17, 15) is 5.21 Å². The van der Waals surface area contributed by atoms with Gasteiger partial charge in [0.2, 0.25) is 0 Å². The molecule has 1 aromatic heterocycles. The molecule has 0 aliphatic carbocycles. The predicted octanol–water partition coefficient (Wildman–Crippen LogP) is 1.00. The van der Waals surface area contributed by atoms with Gasteiger partial charge >= 0.3 is 11.6 Å². The fourth-order valence-electron chi connectivity index (χ4n) is 1.74. The molecule has 6 nitrogen and oxygen atoms in total. The Balaban J connectivity index is 3.10. The zero-order valence-corrected chi connectivity index (χ0v) is 10.4. The van der Waals surface area contributed by atoms with Crippen molar-refractivity contribution < 1.29 is 9.53 Å². The highest BCUT2D eigenvalue weighted by molar-refractivity contribution is 5.58. The maximum Gasteiger partial charge on any atom is 0.321 e. The van der Waals surface area contributed by atoms with Crippen LogP contribution in [0.15, 0.2) is 4.63 Å². The van der Waals surface area contributed by atoms with Gasteiger partial charge in [-0.3, -0.25) is 4.90 Å². The van der Waals surface area contributed by atoms with Crippen LogP contribution < -0.4 is 14.7 Å². The molecule has 0 unspecified atom stereocenters. The van der Waals surface area contributed by atoms with Crippen LogP contribution >= 0.6 is 0 Å². The Morgan fingerprint density at radius 2 is 1.56 bits per heavy atom. The lowest BCUT2D eigenvalue weighted by Crippen LogP contribution is -2.37. The van der Waals surface area contributed by atoms with Gasteiger partial charge in [0.25, 0.3) is 0 Å². The van der Waals surface area contributed by atoms with Crippen LogP contribution in [0.4, 0.5) is 11.6 Å². The van der Waals surface area contributed by atoms with Gasteiger partial charge in [-0.25, -0.2) is 0 Å². The van der Waals surface area contributed by atoms with Crippen molar-refractivity contribution >= 4 is 11.6 Å². The van der Waals surface area contributed by atoms with Crippen LogP contribution in [0, 0.1) is 5.21 Å². The van der Waals surface area contributed by atoms with Crippen LogP contribution in [0.5, 0.6) is 0 Å². The van der Waals surface area contributed by atoms with Crippen molar-refractivity contribution in [1.82, 2.24) is 5.16 Å². The maximum absolute atomic E-state index is 11.6. The van der Waals surface area contributed by atoms with Crippen LogP contribution in [0.3, 0.4) is 0 Å². The van der Waals surface area contributed by atoms with Crippen molar-refractivity contribution in [2.45, 2.75) is 27.7 Å². The summed E-state index contributed by atoms with van der Waals surface area (Å²) in [4.78, 5) is 4.43. The zero-order valence-electron chi connectivity index (χ0n) is 10.4. The Bertz CT molecular complexity index is 319. The van der Waals surface area contributed by atoms with Gasteiger partial charge in [0.1, 0.15) is 0 Å². The first-order valence-corrected chi connectivity index (χ1v) is 5.79. The molecular formula is C10H20N4O2. The van der Waals surface area contributed by atoms with Gasteiger partial charge in [-0.1, -0.05) is 4.90 Å². The van der Waals surface area contributed by atoms with E-state index in [1.807, 2.05) is 37.5 Å². The predicted molar refractivity (Wildman–Crippen MR) is 62.6 cm³/mol. The molecule has 0 atom stereocenters. The summed E-state index contributed by atoms with van der Waals surface area (Å²) in [5.41, 5.74) is 0. The monoisotopic (exact) mass is 228 g/mol. The molecule has 0 aliphatic rings. The van der Waals surface area contributed by atoms with E-state index in [1.165, 1.54) is 0 Å². The van der Waals surface area contributed by atoms with Crippen molar-refractivity contribution in [2.24, 2.45) is 0 Å². The van der Waals surface area contributed by atoms with E-state index >= 15 is 0 Å². The van der Waals surface area contributed by atoms with Gasteiger partial charge in [0.15, 0.2) is 0 Å². The van der Waals surface area contributed by atoms with E-state index in [1.54, 1.807) is 0 Å². The second kappa shape index (κ2) is 5.58. The fourth-order valence-corrected chi connectivity index (χ4v) is 1.74. The summed E-state index contributed by atoms with van der Waals surface area (Å²) in [6, 6.07) is 0. The molecule has 16 heavy (non-hydrogen) atoms. The van der Waals surface area contributed by atoms with Crippen molar-refractivity contribution in [3.63, 3.8) is 0 Å². The van der Waals surface area contributed by atoms with E-state index in [0.717, 1.165) is 26.2 Å². The van der Waals surface area contributed by atoms with E-state index < -0.39 is 0 Å². The van der Waals surface area contributed by atoms with E-state index in [-0.39, 0.29) is 0 Å². The Hall–Kier alpha value is -1.46. The summed E-state index contributed by atoms with van der Waals surface area (Å²) >= 11 is 0. The Labute approximate surface area is 96.0 Å². The van der Waals surface area contributed by atoms with Crippen LogP contribution in [-0.2, 0) is 0 Å². The van der Waals surface area contributed by atoms with Crippen LogP contribution in [0.2, 0.25) is 0 Å². The summed E-state index contributed by atoms with van der Waals surface area (Å²) in [7, 11) is 0. The molecule has 1 aromatic rings. The average Bonchev–Trinajstić information content (AvgIpc) is 2.66. The SMILES string of the molecule is CCN(CC)c1no[n+]([O-])c1N(CC)CC. The molecule has 0 amide bonds. The van der Waals surface area contributed by atoms with Crippen molar-refractivity contribution in [3.8, 4) is 0 Å². The second-order valence-electron chi connectivity index (χ2n) is 3.42. The Morgan fingerprint density at radius 3 is 2.00 bits per heavy atom. The van der Waals surface area contributed by atoms with Crippen molar-refractivity contribution in [1.29, 1.82) is 0 Å². The third-order valence-corrected chi connectivity index (χ3v) is 2.70. The molecule has 0 fully saturated rings. The normalized spacial score (nSPS) is 10.5. The molecule has 1 rings (SSSR count). The van der Waals surface area contributed by atoms with E-state index in [0.29, 0.717) is 16.5 Å². The molecule has 1 heterocycles. The summed E-state index contributed by atoms with van der Waals surface area (Å²) in [6.07, 6.45) is 0. The number of aromatic nitrogens is 2. The lowest BCUT2D eigenvalue weighted by molar-refractivity contribution is -0.792. The van der Waals surface area contributed by atoms with Gasteiger partial charge in [-0.15, -0.1) is 0 Å². The number of rotatable bonds is 6. The molecule has 0 aromatic carbocycles. The van der Waals surface area contributed by atoms with E-state index in [2.05, 4.69) is 5.16 Å². The van der Waals surface area contributed by atoms with Gasteiger partial charge in [-0.05, 0) is 32.9 Å². The quantitative estimate of drug-likeness (QED) is 0.680. The molecule has 0 bridgehead atoms. The highest BCUT2D eigenvalue weighted by Crippen LogP contribution is 2.22. The molecule has 0 spiro atoms. The average molecular weight is 228 g/mol. The first kappa shape index (κ1) is 12.6. The molecule has 0 radical (unpaired) electrons. The van der Waals surface area contributed by atoms with Gasteiger partial charge < -0.3 is 14.7 Å². The van der Waals surface area contributed by atoms with Crippen LogP contribution in [0.25, 0.3) is 0 Å². The summed E-state index contributed by atoms with van der Waals surface area (Å²) in [5.74, 6) is 1.14. The van der Waals surface area contributed by atoms with Crippen LogP contribution in [-0.4, -0.2) is 31.3 Å². The highest BCUT2D eigenvalue weighted by atomic mass is 16.8. The van der Waals surface area contributed by atoms with Gasteiger partial charge in [-0.2, -0.15) is 0 Å². The topological polar surface area (TPSA) is 59.5 Å². The molecular weight excluding hydrogens is 208 g/mol. The minimum atomic E-state index is 0.487. The van der Waals surface area contributed by atoms with Crippen molar-refractivity contribution in [2.75, 3.05) is 36.0 Å². The molecule has 0 saturated heterocycles. The number of anilines is 2. The standard InChI is InChI=1S/C10H20N4O2/c1-5-12(6-2)9-10(13(7-3)8-4)14(15)16-11-9/h5-8H2,1-4H3. The first-order valence-electron chi connectivity index (χ1n) is 5.79. The van der Waals surface area contributed by atoms with Crippen molar-refractivity contribution in [3.05, 3.63) is 5.21 Å². The molecule has 0 aliphatic heterocycles. The third kappa shape index (κ3) is 2.20. The number of nitrogens with zero attached hydrogens (tertiary/aromatic N) is 4. The largest absolute Gasteiger partial charge is 0.391 e. The number of hydrogen-bond donors (Lipinski definition) is 0. The maximum atomic E-state index is 11.6. The highest BCUT2D eigenvalue weighted by Gasteiger charge is 2.26. The molecule has 92 valence electrons. The Morgan fingerprint density at radius 1 is 1.06 bits per heavy atom. The smallest absolute Gasteiger partial charge is 0.321 e. The lowest BCUT2D eigenvalue weighted by Gasteiger charge is -2.20. The van der Waals surface area contributed by atoms with Crippen LogP contribution in [0.1, 0.15) is 27.7 Å². The minimum absolute atomic E-state index is 0.487. The Kier molecular flexibility index (Phi) is 4.39. The van der Waals surface area contributed by atoms with E-state index in [4.69, 9.17) is 4.63 Å². The lowest BCUT2D eigenvalue weighted by atomic mass is 10.4. The second-order valence-corrected chi connectivity index (χ2v) is 3.42. The zero-order chi connectivity index (χ0) is 12.1. The minimum Gasteiger partial charge on any atom is -0.391 e. The van der Waals surface area contributed by atoms with Gasteiger partial charge in [0, 0.05) is 13.1 Å². The van der Waals surface area contributed by atoms with Gasteiger partial charge in [0.05, 0.1) is 13.1 Å². The first-order chi connectivity index (χ1) is 7.69. The fraction of sp³-hybridized carbons (Fsp3) is 0.800. The molecule has 6 heteroatoms. The third-order valence-electron chi connectivity index (χ3n) is 2.70. The summed E-state index contributed by atoms with van der Waals surface area (Å²) in [5, 5.41) is 15.4. The number of hydrogen-bond acceptors (Lipinski definition) is 5.